The Labute approximate surface area is 169 Å². The molecule has 0 bridgehead atoms. The SMILES string of the molecule is CON=C1c2cc(OC)c(OC)cc2-c2[nH]c3ccc(OCCN(C)C)cc3c21. The number of H-pyrrole nitrogens is 1. The fourth-order valence-electron chi connectivity index (χ4n) is 3.66. The van der Waals surface area contributed by atoms with Gasteiger partial charge in [0.2, 0.25) is 0 Å². The summed E-state index contributed by atoms with van der Waals surface area (Å²) in [5.41, 5.74) is 5.68. The van der Waals surface area contributed by atoms with Crippen molar-refractivity contribution in [3.63, 3.8) is 0 Å². The third-order valence-electron chi connectivity index (χ3n) is 5.04. The lowest BCUT2D eigenvalue weighted by molar-refractivity contribution is 0.214. The van der Waals surface area contributed by atoms with Gasteiger partial charge >= 0.3 is 0 Å². The van der Waals surface area contributed by atoms with E-state index in [1.165, 1.54) is 0 Å². The minimum atomic E-state index is 0.624. The van der Waals surface area contributed by atoms with Crippen molar-refractivity contribution in [2.24, 2.45) is 5.16 Å². The molecule has 1 aromatic heterocycles. The molecule has 0 aliphatic heterocycles. The van der Waals surface area contributed by atoms with E-state index < -0.39 is 0 Å². The molecule has 1 N–H and O–H groups in total. The summed E-state index contributed by atoms with van der Waals surface area (Å²) in [5.74, 6) is 2.14. The lowest BCUT2D eigenvalue weighted by atomic mass is 10.1. The van der Waals surface area contributed by atoms with E-state index >= 15 is 0 Å². The summed E-state index contributed by atoms with van der Waals surface area (Å²) in [6.45, 7) is 1.48. The van der Waals surface area contributed by atoms with E-state index in [1.54, 1.807) is 21.3 Å². The number of methoxy groups -OCH3 is 2. The molecule has 1 aliphatic carbocycles. The summed E-state index contributed by atoms with van der Waals surface area (Å²) in [6, 6.07) is 9.96. The van der Waals surface area contributed by atoms with Crippen molar-refractivity contribution in [2.45, 2.75) is 0 Å². The number of nitrogens with one attached hydrogen (secondary N) is 1. The number of aromatic nitrogens is 1. The fourth-order valence-corrected chi connectivity index (χ4v) is 3.66. The Morgan fingerprint density at radius 3 is 2.34 bits per heavy atom. The second-order valence-electron chi connectivity index (χ2n) is 7.11. The third-order valence-corrected chi connectivity index (χ3v) is 5.04. The molecule has 0 unspecified atom stereocenters. The first-order valence-electron chi connectivity index (χ1n) is 9.39. The van der Waals surface area contributed by atoms with Crippen LogP contribution in [0.4, 0.5) is 0 Å². The summed E-state index contributed by atoms with van der Waals surface area (Å²) in [7, 11) is 8.86. The number of hydrogen-bond acceptors (Lipinski definition) is 6. The number of benzene rings is 2. The summed E-state index contributed by atoms with van der Waals surface area (Å²) >= 11 is 0. The highest BCUT2D eigenvalue weighted by atomic mass is 16.6. The Hall–Kier alpha value is -3.19. The van der Waals surface area contributed by atoms with Crippen molar-refractivity contribution in [3.05, 3.63) is 41.5 Å². The fraction of sp³-hybridized carbons (Fsp3) is 0.318. The van der Waals surface area contributed by atoms with E-state index in [4.69, 9.17) is 19.0 Å². The van der Waals surface area contributed by atoms with Crippen LogP contribution in [0.3, 0.4) is 0 Å². The van der Waals surface area contributed by atoms with Crippen molar-refractivity contribution in [2.75, 3.05) is 48.6 Å². The molecule has 3 aromatic rings. The molecule has 152 valence electrons. The lowest BCUT2D eigenvalue weighted by Gasteiger charge is -2.11. The van der Waals surface area contributed by atoms with Crippen LogP contribution < -0.4 is 14.2 Å². The quantitative estimate of drug-likeness (QED) is 0.485. The van der Waals surface area contributed by atoms with Crippen molar-refractivity contribution in [3.8, 4) is 28.5 Å². The van der Waals surface area contributed by atoms with Crippen LogP contribution in [0.15, 0.2) is 35.5 Å². The van der Waals surface area contributed by atoms with Crippen molar-refractivity contribution in [1.29, 1.82) is 0 Å². The van der Waals surface area contributed by atoms with Gasteiger partial charge in [-0.1, -0.05) is 5.16 Å². The van der Waals surface area contributed by atoms with E-state index in [0.717, 1.165) is 51.3 Å². The zero-order valence-corrected chi connectivity index (χ0v) is 17.3. The first-order chi connectivity index (χ1) is 14.1. The molecule has 4 rings (SSSR count). The molecule has 29 heavy (non-hydrogen) atoms. The highest BCUT2D eigenvalue weighted by Gasteiger charge is 2.32. The molecule has 1 aliphatic rings. The van der Waals surface area contributed by atoms with Crippen LogP contribution in [0, 0.1) is 0 Å². The lowest BCUT2D eigenvalue weighted by Crippen LogP contribution is -2.19. The maximum atomic E-state index is 5.93. The second-order valence-corrected chi connectivity index (χ2v) is 7.11. The first-order valence-corrected chi connectivity index (χ1v) is 9.39. The Kier molecular flexibility index (Phi) is 5.07. The van der Waals surface area contributed by atoms with Crippen molar-refractivity contribution < 1.29 is 19.0 Å². The molecule has 0 saturated carbocycles. The molecule has 0 fully saturated rings. The molecule has 2 aromatic carbocycles. The summed E-state index contributed by atoms with van der Waals surface area (Å²) in [4.78, 5) is 10.8. The van der Waals surface area contributed by atoms with Gasteiger partial charge in [0.15, 0.2) is 11.5 Å². The highest BCUT2D eigenvalue weighted by molar-refractivity contribution is 6.30. The molecule has 0 spiro atoms. The van der Waals surface area contributed by atoms with Crippen LogP contribution >= 0.6 is 0 Å². The maximum Gasteiger partial charge on any atom is 0.161 e. The number of fused-ring (bicyclic) bond motifs is 5. The predicted octanol–water partition coefficient (Wildman–Crippen LogP) is 3.50. The van der Waals surface area contributed by atoms with Crippen molar-refractivity contribution >= 4 is 16.6 Å². The van der Waals surface area contributed by atoms with Crippen molar-refractivity contribution in [1.82, 2.24) is 9.88 Å². The number of ether oxygens (including phenoxy) is 3. The standard InChI is InChI=1S/C22H25N3O4/c1-25(2)8-9-29-13-6-7-17-16(10-13)20-21(23-17)14-11-18(26-3)19(27-4)12-15(14)22(20)24-28-5/h6-7,10-12,23H,8-9H2,1-5H3. The topological polar surface area (TPSA) is 68.3 Å². The zero-order valence-electron chi connectivity index (χ0n) is 17.3. The van der Waals surface area contributed by atoms with Gasteiger partial charge in [-0.2, -0.15) is 0 Å². The van der Waals surface area contributed by atoms with Crippen LogP contribution in [-0.2, 0) is 4.84 Å². The number of likely N-dealkylation sites (N-methyl/N-ethyl adjacent to an activating group) is 1. The number of nitrogens with zero attached hydrogens (tertiary/aromatic N) is 2. The van der Waals surface area contributed by atoms with E-state index in [-0.39, 0.29) is 0 Å². The van der Waals surface area contributed by atoms with E-state index in [9.17, 15) is 0 Å². The van der Waals surface area contributed by atoms with Gasteiger partial charge in [-0.15, -0.1) is 0 Å². The molecule has 0 amide bonds. The summed E-state index contributed by atoms with van der Waals surface area (Å²) < 4.78 is 16.9. The summed E-state index contributed by atoms with van der Waals surface area (Å²) in [6.07, 6.45) is 0. The molecule has 1 heterocycles. The van der Waals surface area contributed by atoms with E-state index in [2.05, 4.69) is 15.0 Å². The summed E-state index contributed by atoms with van der Waals surface area (Å²) in [5, 5.41) is 5.36. The van der Waals surface area contributed by atoms with Crippen LogP contribution in [0.1, 0.15) is 11.1 Å². The van der Waals surface area contributed by atoms with Gasteiger partial charge in [-0.25, -0.2) is 0 Å². The Morgan fingerprint density at radius 1 is 0.966 bits per heavy atom. The Morgan fingerprint density at radius 2 is 1.69 bits per heavy atom. The molecule has 0 saturated heterocycles. The van der Waals surface area contributed by atoms with Gasteiger partial charge in [0.05, 0.1) is 19.9 Å². The van der Waals surface area contributed by atoms with Gasteiger partial charge in [0.1, 0.15) is 25.2 Å². The second kappa shape index (κ2) is 7.67. The largest absolute Gasteiger partial charge is 0.493 e. The average molecular weight is 395 g/mol. The molecule has 0 atom stereocenters. The Balaban J connectivity index is 1.84. The average Bonchev–Trinajstić information content (AvgIpc) is 3.22. The van der Waals surface area contributed by atoms with Gasteiger partial charge in [0.25, 0.3) is 0 Å². The monoisotopic (exact) mass is 395 g/mol. The van der Waals surface area contributed by atoms with E-state index in [1.807, 2.05) is 44.4 Å². The smallest absolute Gasteiger partial charge is 0.161 e. The number of oxime groups is 1. The highest BCUT2D eigenvalue weighted by Crippen LogP contribution is 2.45. The number of aromatic amines is 1. The van der Waals surface area contributed by atoms with Gasteiger partial charge in [-0.3, -0.25) is 0 Å². The van der Waals surface area contributed by atoms with Gasteiger partial charge in [-0.05, 0) is 44.4 Å². The molecule has 7 heteroatoms. The molecule has 0 radical (unpaired) electrons. The zero-order chi connectivity index (χ0) is 20.5. The maximum absolute atomic E-state index is 5.93. The van der Waals surface area contributed by atoms with Gasteiger partial charge < -0.3 is 28.9 Å². The molecular formula is C22H25N3O4. The molecule has 7 nitrogen and oxygen atoms in total. The number of hydrogen-bond donors (Lipinski definition) is 1. The van der Waals surface area contributed by atoms with Crippen LogP contribution in [0.2, 0.25) is 0 Å². The molecular weight excluding hydrogens is 370 g/mol. The van der Waals surface area contributed by atoms with Crippen LogP contribution in [0.25, 0.3) is 22.2 Å². The van der Waals surface area contributed by atoms with Crippen LogP contribution in [0.5, 0.6) is 17.2 Å². The van der Waals surface area contributed by atoms with Crippen LogP contribution in [-0.4, -0.2) is 64.2 Å². The first kappa shape index (κ1) is 19.1. The minimum Gasteiger partial charge on any atom is -0.493 e. The van der Waals surface area contributed by atoms with E-state index in [0.29, 0.717) is 18.1 Å². The predicted molar refractivity (Wildman–Crippen MR) is 114 cm³/mol. The Bertz CT molecular complexity index is 1090. The normalized spacial score (nSPS) is 13.7. The van der Waals surface area contributed by atoms with Gasteiger partial charge in [0, 0.05) is 34.1 Å². The minimum absolute atomic E-state index is 0.624. The number of rotatable bonds is 7. The third kappa shape index (κ3) is 3.27.